The van der Waals surface area contributed by atoms with Gasteiger partial charge >= 0.3 is 0 Å². The molecule has 0 heterocycles. The summed E-state index contributed by atoms with van der Waals surface area (Å²) in [6.45, 7) is 0. The molecule has 110 valence electrons. The maximum Gasteiger partial charge on any atom is 0.123 e. The molecule has 2 aromatic carbocycles. The molecule has 3 N–H and O–H groups in total. The van der Waals surface area contributed by atoms with E-state index in [1.807, 2.05) is 0 Å². The summed E-state index contributed by atoms with van der Waals surface area (Å²) in [5.41, 5.74) is 7.81. The zero-order chi connectivity index (χ0) is 14.8. The Morgan fingerprint density at radius 1 is 1.14 bits per heavy atom. The normalized spacial score (nSPS) is 15.0. The minimum atomic E-state index is -0.224. The fourth-order valence-electron chi connectivity index (χ4n) is 3.00. The molecule has 0 amide bonds. The van der Waals surface area contributed by atoms with E-state index in [1.165, 1.54) is 30.0 Å². The number of benzene rings is 2. The molecule has 1 aliphatic carbocycles. The van der Waals surface area contributed by atoms with Crippen molar-refractivity contribution >= 4 is 15.9 Å². The average Bonchev–Trinajstić information content (AvgIpc) is 2.95. The minimum absolute atomic E-state index is 0.0194. The molecule has 0 aromatic heterocycles. The highest BCUT2D eigenvalue weighted by Gasteiger charge is 2.17. The second-order valence-corrected chi connectivity index (χ2v) is 6.40. The number of hydrogen-bond donors (Lipinski definition) is 2. The van der Waals surface area contributed by atoms with Crippen LogP contribution < -0.4 is 11.3 Å². The number of nitrogens with two attached hydrogens (primary N) is 1. The number of rotatable bonds is 4. The van der Waals surface area contributed by atoms with E-state index < -0.39 is 0 Å². The molecule has 21 heavy (non-hydrogen) atoms. The second-order valence-electron chi connectivity index (χ2n) is 5.54. The SMILES string of the molecule is NNC(Cc1cc(F)ccc1Br)c1ccc2c(c1)CCC2. The van der Waals surface area contributed by atoms with E-state index in [2.05, 4.69) is 39.6 Å². The van der Waals surface area contributed by atoms with Crippen LogP contribution in [0.2, 0.25) is 0 Å². The maximum atomic E-state index is 13.4. The van der Waals surface area contributed by atoms with Gasteiger partial charge in [0.15, 0.2) is 0 Å². The van der Waals surface area contributed by atoms with Crippen molar-refractivity contribution in [2.75, 3.05) is 0 Å². The van der Waals surface area contributed by atoms with Crippen LogP contribution in [0.25, 0.3) is 0 Å². The van der Waals surface area contributed by atoms with Crippen molar-refractivity contribution in [1.29, 1.82) is 0 Å². The number of aryl methyl sites for hydroxylation is 2. The van der Waals surface area contributed by atoms with Crippen LogP contribution in [0.3, 0.4) is 0 Å². The monoisotopic (exact) mass is 348 g/mol. The van der Waals surface area contributed by atoms with Gasteiger partial charge in [0.05, 0.1) is 6.04 Å². The third-order valence-electron chi connectivity index (χ3n) is 4.16. The lowest BCUT2D eigenvalue weighted by Crippen LogP contribution is -2.29. The van der Waals surface area contributed by atoms with Crippen LogP contribution in [0, 0.1) is 5.82 Å². The van der Waals surface area contributed by atoms with E-state index in [1.54, 1.807) is 12.1 Å². The second kappa shape index (κ2) is 6.26. The molecule has 2 nitrogen and oxygen atoms in total. The molecule has 3 rings (SSSR count). The number of hydrogen-bond acceptors (Lipinski definition) is 2. The third-order valence-corrected chi connectivity index (χ3v) is 4.93. The van der Waals surface area contributed by atoms with Gasteiger partial charge in [0, 0.05) is 4.47 Å². The number of hydrazine groups is 1. The molecular formula is C17H18BrFN2. The third kappa shape index (κ3) is 3.18. The first-order valence-electron chi connectivity index (χ1n) is 7.19. The van der Waals surface area contributed by atoms with E-state index in [9.17, 15) is 4.39 Å². The molecule has 0 saturated heterocycles. The van der Waals surface area contributed by atoms with Crippen LogP contribution in [0.4, 0.5) is 4.39 Å². The Labute approximate surface area is 132 Å². The molecular weight excluding hydrogens is 331 g/mol. The summed E-state index contributed by atoms with van der Waals surface area (Å²) in [6, 6.07) is 11.3. The topological polar surface area (TPSA) is 38.0 Å². The van der Waals surface area contributed by atoms with Crippen molar-refractivity contribution in [3.8, 4) is 0 Å². The summed E-state index contributed by atoms with van der Waals surface area (Å²) in [6.07, 6.45) is 4.19. The van der Waals surface area contributed by atoms with Crippen molar-refractivity contribution in [1.82, 2.24) is 5.43 Å². The Hall–Kier alpha value is -1.23. The Kier molecular flexibility index (Phi) is 4.38. The standard InChI is InChI=1S/C17H18BrFN2/c18-16-7-6-15(19)9-14(16)10-17(21-20)13-5-4-11-2-1-3-12(11)8-13/h4-9,17,21H,1-3,10,20H2. The van der Waals surface area contributed by atoms with E-state index in [0.717, 1.165) is 22.0 Å². The van der Waals surface area contributed by atoms with Gasteiger partial charge in [0.1, 0.15) is 5.82 Å². The van der Waals surface area contributed by atoms with Gasteiger partial charge in [-0.1, -0.05) is 34.1 Å². The molecule has 0 spiro atoms. The maximum absolute atomic E-state index is 13.4. The van der Waals surface area contributed by atoms with Crippen molar-refractivity contribution < 1.29 is 4.39 Å². The molecule has 0 saturated carbocycles. The summed E-state index contributed by atoms with van der Waals surface area (Å²) in [4.78, 5) is 0. The van der Waals surface area contributed by atoms with Gasteiger partial charge in [0.2, 0.25) is 0 Å². The van der Waals surface area contributed by atoms with Crippen LogP contribution in [-0.2, 0) is 19.3 Å². The molecule has 2 aromatic rings. The predicted molar refractivity (Wildman–Crippen MR) is 86.3 cm³/mol. The van der Waals surface area contributed by atoms with E-state index in [4.69, 9.17) is 5.84 Å². The zero-order valence-electron chi connectivity index (χ0n) is 11.7. The highest BCUT2D eigenvalue weighted by molar-refractivity contribution is 9.10. The fourth-order valence-corrected chi connectivity index (χ4v) is 3.41. The lowest BCUT2D eigenvalue weighted by Gasteiger charge is -2.18. The Bertz CT molecular complexity index is 657. The molecule has 0 aliphatic heterocycles. The first-order valence-corrected chi connectivity index (χ1v) is 7.98. The van der Waals surface area contributed by atoms with E-state index >= 15 is 0 Å². The van der Waals surface area contributed by atoms with Crippen LogP contribution in [-0.4, -0.2) is 0 Å². The molecule has 0 fully saturated rings. The minimum Gasteiger partial charge on any atom is -0.271 e. The van der Waals surface area contributed by atoms with Crippen molar-refractivity contribution in [2.45, 2.75) is 31.7 Å². The van der Waals surface area contributed by atoms with Gasteiger partial charge in [0.25, 0.3) is 0 Å². The van der Waals surface area contributed by atoms with Gasteiger partial charge in [-0.15, -0.1) is 0 Å². The smallest absolute Gasteiger partial charge is 0.123 e. The Morgan fingerprint density at radius 3 is 2.76 bits per heavy atom. The quantitative estimate of drug-likeness (QED) is 0.651. The lowest BCUT2D eigenvalue weighted by atomic mass is 9.96. The predicted octanol–water partition coefficient (Wildman–Crippen LogP) is 3.82. The first-order chi connectivity index (χ1) is 10.2. The molecule has 1 unspecified atom stereocenters. The van der Waals surface area contributed by atoms with Gasteiger partial charge in [-0.3, -0.25) is 11.3 Å². The van der Waals surface area contributed by atoms with Gasteiger partial charge < -0.3 is 0 Å². The van der Waals surface area contributed by atoms with Gasteiger partial charge in [-0.05, 0) is 66.1 Å². The van der Waals surface area contributed by atoms with Crippen LogP contribution in [0.1, 0.15) is 34.7 Å². The number of fused-ring (bicyclic) bond motifs is 1. The van der Waals surface area contributed by atoms with Crippen LogP contribution in [0.5, 0.6) is 0 Å². The summed E-state index contributed by atoms with van der Waals surface area (Å²) in [7, 11) is 0. The number of halogens is 2. The summed E-state index contributed by atoms with van der Waals surface area (Å²) >= 11 is 3.48. The Balaban J connectivity index is 1.86. The van der Waals surface area contributed by atoms with Gasteiger partial charge in [-0.2, -0.15) is 0 Å². The van der Waals surface area contributed by atoms with Crippen LogP contribution >= 0.6 is 15.9 Å². The van der Waals surface area contributed by atoms with Crippen molar-refractivity contribution in [2.24, 2.45) is 5.84 Å². The summed E-state index contributed by atoms with van der Waals surface area (Å²) in [5, 5.41) is 0. The van der Waals surface area contributed by atoms with Crippen LogP contribution in [0.15, 0.2) is 40.9 Å². The fraction of sp³-hybridized carbons (Fsp3) is 0.294. The summed E-state index contributed by atoms with van der Waals surface area (Å²) in [5.74, 6) is 5.50. The molecule has 1 atom stereocenters. The Morgan fingerprint density at radius 2 is 1.95 bits per heavy atom. The van der Waals surface area contributed by atoms with E-state index in [0.29, 0.717) is 6.42 Å². The highest BCUT2D eigenvalue weighted by Crippen LogP contribution is 2.28. The van der Waals surface area contributed by atoms with Crippen molar-refractivity contribution in [3.63, 3.8) is 0 Å². The first kappa shape index (κ1) is 14.7. The zero-order valence-corrected chi connectivity index (χ0v) is 13.3. The molecule has 0 radical (unpaired) electrons. The van der Waals surface area contributed by atoms with E-state index in [-0.39, 0.29) is 11.9 Å². The molecule has 4 heteroatoms. The van der Waals surface area contributed by atoms with Crippen molar-refractivity contribution in [3.05, 3.63) is 68.9 Å². The number of nitrogens with one attached hydrogen (secondary N) is 1. The summed E-state index contributed by atoms with van der Waals surface area (Å²) < 4.78 is 14.3. The average molecular weight is 349 g/mol. The molecule has 0 bridgehead atoms. The van der Waals surface area contributed by atoms with Gasteiger partial charge in [-0.25, -0.2) is 4.39 Å². The lowest BCUT2D eigenvalue weighted by molar-refractivity contribution is 0.547. The largest absolute Gasteiger partial charge is 0.271 e. The molecule has 1 aliphatic rings. The highest BCUT2D eigenvalue weighted by atomic mass is 79.9.